The monoisotopic (exact) mass is 374 g/mol. The van der Waals surface area contributed by atoms with Gasteiger partial charge in [-0.2, -0.15) is 4.31 Å². The first-order valence-electron chi connectivity index (χ1n) is 5.31. The number of halogens is 3. The molecule has 1 aromatic carbocycles. The van der Waals surface area contributed by atoms with Crippen molar-refractivity contribution in [3.63, 3.8) is 0 Å². The maximum Gasteiger partial charge on any atom is 0.246 e. The summed E-state index contributed by atoms with van der Waals surface area (Å²) in [4.78, 5) is -0.603. The van der Waals surface area contributed by atoms with Crippen molar-refractivity contribution < 1.29 is 17.9 Å². The molecule has 0 saturated heterocycles. The fourth-order valence-corrected chi connectivity index (χ4v) is 3.59. The predicted molar refractivity (Wildman–Crippen MR) is 75.0 cm³/mol. The molecule has 0 radical (unpaired) electrons. The Kier molecular flexibility index (Phi) is 5.57. The summed E-state index contributed by atoms with van der Waals surface area (Å²) in [5.41, 5.74) is 5.09. The second kappa shape index (κ2) is 6.36. The summed E-state index contributed by atoms with van der Waals surface area (Å²) in [5.74, 6) is -1.06. The van der Waals surface area contributed by atoms with Gasteiger partial charge >= 0.3 is 0 Å². The van der Waals surface area contributed by atoms with Crippen molar-refractivity contribution in [1.82, 2.24) is 4.31 Å². The fraction of sp³-hybridized carbons (Fsp3) is 0.400. The summed E-state index contributed by atoms with van der Waals surface area (Å²) in [6.45, 7) is 1.17. The van der Waals surface area contributed by atoms with Gasteiger partial charge in [0, 0.05) is 13.1 Å². The number of aliphatic hydroxyl groups is 1. The van der Waals surface area contributed by atoms with Gasteiger partial charge in [0.15, 0.2) is 5.82 Å². The van der Waals surface area contributed by atoms with Crippen LogP contribution in [0, 0.1) is 5.82 Å². The molecule has 0 aromatic heterocycles. The Bertz CT molecular complexity index is 583. The molecule has 0 fully saturated rings. The van der Waals surface area contributed by atoms with Crippen molar-refractivity contribution in [2.24, 2.45) is 0 Å². The first-order chi connectivity index (χ1) is 8.77. The molecule has 5 nitrogen and oxygen atoms in total. The van der Waals surface area contributed by atoms with Crippen LogP contribution in [0.1, 0.15) is 6.92 Å². The number of aliphatic hydroxyl groups excluding tert-OH is 1. The molecular weight excluding hydrogens is 363 g/mol. The lowest BCUT2D eigenvalue weighted by molar-refractivity contribution is 0.256. The zero-order valence-corrected chi connectivity index (χ0v) is 13.2. The van der Waals surface area contributed by atoms with E-state index in [1.807, 2.05) is 0 Å². The standard InChI is InChI=1S/C10H13BrClFN2O3S/c1-2-15(3-4-16)19(17,18)7-5-6(12)8(11)10(14)9(7)13/h5,16H,2-4,14H2,1H3. The number of sulfonamides is 1. The van der Waals surface area contributed by atoms with Gasteiger partial charge in [-0.25, -0.2) is 12.8 Å². The molecule has 0 spiro atoms. The van der Waals surface area contributed by atoms with Crippen LogP contribution in [0.4, 0.5) is 10.1 Å². The quantitative estimate of drug-likeness (QED) is 0.607. The zero-order valence-electron chi connectivity index (χ0n) is 10.0. The Morgan fingerprint density at radius 2 is 2.16 bits per heavy atom. The Hall–Kier alpha value is -0.410. The lowest BCUT2D eigenvalue weighted by atomic mass is 10.3. The smallest absolute Gasteiger partial charge is 0.246 e. The van der Waals surface area contributed by atoms with Gasteiger partial charge in [-0.1, -0.05) is 18.5 Å². The highest BCUT2D eigenvalue weighted by Gasteiger charge is 2.29. The second-order valence-electron chi connectivity index (χ2n) is 3.62. The molecular formula is C10H13BrClFN2O3S. The topological polar surface area (TPSA) is 83.6 Å². The second-order valence-corrected chi connectivity index (χ2v) is 6.73. The molecule has 1 aromatic rings. The normalized spacial score (nSPS) is 12.1. The maximum atomic E-state index is 14.0. The number of nitrogens with zero attached hydrogens (tertiary/aromatic N) is 1. The summed E-state index contributed by atoms with van der Waals surface area (Å²) in [6.07, 6.45) is 0. The summed E-state index contributed by atoms with van der Waals surface area (Å²) in [6, 6.07) is 0.993. The van der Waals surface area contributed by atoms with Gasteiger partial charge in [-0.05, 0) is 22.0 Å². The minimum Gasteiger partial charge on any atom is -0.395 e. The Morgan fingerprint density at radius 3 is 2.63 bits per heavy atom. The summed E-state index contributed by atoms with van der Waals surface area (Å²) in [5, 5.41) is 8.84. The average molecular weight is 376 g/mol. The minimum absolute atomic E-state index is 0.00229. The third-order valence-electron chi connectivity index (χ3n) is 2.48. The Labute approximate surface area is 124 Å². The van der Waals surface area contributed by atoms with Crippen molar-refractivity contribution in [2.75, 3.05) is 25.4 Å². The lowest BCUT2D eigenvalue weighted by Gasteiger charge is -2.20. The molecule has 0 aliphatic heterocycles. The van der Waals surface area contributed by atoms with Gasteiger partial charge in [0.05, 0.1) is 21.8 Å². The maximum absolute atomic E-state index is 14.0. The van der Waals surface area contributed by atoms with E-state index in [0.717, 1.165) is 10.4 Å². The highest BCUT2D eigenvalue weighted by atomic mass is 79.9. The van der Waals surface area contributed by atoms with E-state index in [4.69, 9.17) is 22.4 Å². The van der Waals surface area contributed by atoms with E-state index in [1.165, 1.54) is 0 Å². The molecule has 0 aliphatic rings. The van der Waals surface area contributed by atoms with Crippen LogP contribution in [0.2, 0.25) is 5.02 Å². The van der Waals surface area contributed by atoms with Crippen LogP contribution >= 0.6 is 27.5 Å². The van der Waals surface area contributed by atoms with Gasteiger partial charge in [0.1, 0.15) is 4.90 Å². The van der Waals surface area contributed by atoms with E-state index in [1.54, 1.807) is 6.92 Å². The number of anilines is 1. The van der Waals surface area contributed by atoms with Crippen LogP contribution < -0.4 is 5.73 Å². The minimum atomic E-state index is -4.09. The first-order valence-corrected chi connectivity index (χ1v) is 7.92. The number of nitrogen functional groups attached to an aromatic ring is 1. The van der Waals surface area contributed by atoms with Crippen molar-refractivity contribution >= 4 is 43.2 Å². The lowest BCUT2D eigenvalue weighted by Crippen LogP contribution is -2.34. The third kappa shape index (κ3) is 3.19. The van der Waals surface area contributed by atoms with Crippen molar-refractivity contribution in [3.8, 4) is 0 Å². The summed E-state index contributed by atoms with van der Waals surface area (Å²) >= 11 is 8.77. The molecule has 9 heteroatoms. The molecule has 1 rings (SSSR count). The van der Waals surface area contributed by atoms with Crippen LogP contribution in [-0.4, -0.2) is 37.5 Å². The van der Waals surface area contributed by atoms with E-state index < -0.39 is 20.7 Å². The van der Waals surface area contributed by atoms with Crippen molar-refractivity contribution in [2.45, 2.75) is 11.8 Å². The van der Waals surface area contributed by atoms with Crippen LogP contribution in [0.25, 0.3) is 0 Å². The van der Waals surface area contributed by atoms with Crippen LogP contribution in [0.5, 0.6) is 0 Å². The molecule has 0 amide bonds. The van der Waals surface area contributed by atoms with Crippen LogP contribution in [-0.2, 0) is 10.0 Å². The molecule has 0 atom stereocenters. The molecule has 0 bridgehead atoms. The molecule has 0 saturated carbocycles. The molecule has 0 heterocycles. The van der Waals surface area contributed by atoms with E-state index in [2.05, 4.69) is 15.9 Å². The molecule has 0 aliphatic carbocycles. The molecule has 3 N–H and O–H groups in total. The zero-order chi connectivity index (χ0) is 14.8. The third-order valence-corrected chi connectivity index (χ3v) is 5.83. The average Bonchev–Trinajstić information content (AvgIpc) is 2.37. The van der Waals surface area contributed by atoms with E-state index in [9.17, 15) is 12.8 Å². The van der Waals surface area contributed by atoms with E-state index in [-0.39, 0.29) is 34.9 Å². The molecule has 19 heavy (non-hydrogen) atoms. The number of nitrogens with two attached hydrogens (primary N) is 1. The first kappa shape index (κ1) is 16.6. The molecule has 108 valence electrons. The molecule has 0 unspecified atom stereocenters. The van der Waals surface area contributed by atoms with Gasteiger partial charge in [-0.15, -0.1) is 0 Å². The predicted octanol–water partition coefficient (Wildman–Crippen LogP) is 1.83. The summed E-state index contributed by atoms with van der Waals surface area (Å²) in [7, 11) is -4.09. The van der Waals surface area contributed by atoms with Crippen molar-refractivity contribution in [1.29, 1.82) is 0 Å². The fourth-order valence-electron chi connectivity index (χ4n) is 1.49. The highest BCUT2D eigenvalue weighted by Crippen LogP contribution is 2.35. The Morgan fingerprint density at radius 1 is 1.58 bits per heavy atom. The van der Waals surface area contributed by atoms with E-state index >= 15 is 0 Å². The van der Waals surface area contributed by atoms with Gasteiger partial charge in [0.25, 0.3) is 0 Å². The largest absolute Gasteiger partial charge is 0.395 e. The van der Waals surface area contributed by atoms with Crippen molar-refractivity contribution in [3.05, 3.63) is 21.4 Å². The van der Waals surface area contributed by atoms with Gasteiger partial charge in [-0.3, -0.25) is 0 Å². The van der Waals surface area contributed by atoms with Crippen LogP contribution in [0.15, 0.2) is 15.4 Å². The number of hydrogen-bond donors (Lipinski definition) is 2. The SMILES string of the molecule is CCN(CCO)S(=O)(=O)c1cc(Cl)c(Br)c(N)c1F. The van der Waals surface area contributed by atoms with Crippen LogP contribution in [0.3, 0.4) is 0 Å². The number of rotatable bonds is 5. The number of benzene rings is 1. The van der Waals surface area contributed by atoms with E-state index in [0.29, 0.717) is 0 Å². The summed E-state index contributed by atoms with van der Waals surface area (Å²) < 4.78 is 39.5. The van der Waals surface area contributed by atoms with Gasteiger partial charge < -0.3 is 10.8 Å². The highest BCUT2D eigenvalue weighted by molar-refractivity contribution is 9.10. The number of likely N-dealkylation sites (N-methyl/N-ethyl adjacent to an activating group) is 1. The number of hydrogen-bond acceptors (Lipinski definition) is 4. The Balaban J connectivity index is 3.45. The van der Waals surface area contributed by atoms with Gasteiger partial charge in [0.2, 0.25) is 10.0 Å².